The van der Waals surface area contributed by atoms with Gasteiger partial charge in [0.05, 0.1) is 17.4 Å². The third kappa shape index (κ3) is 3.28. The van der Waals surface area contributed by atoms with E-state index in [0.717, 1.165) is 0 Å². The summed E-state index contributed by atoms with van der Waals surface area (Å²) in [6.07, 6.45) is -0.988. The molecule has 5 nitrogen and oxygen atoms in total. The van der Waals surface area contributed by atoms with Crippen molar-refractivity contribution in [3.8, 4) is 0 Å². The number of fused-ring (bicyclic) bond motifs is 1. The first-order chi connectivity index (χ1) is 15.4. The summed E-state index contributed by atoms with van der Waals surface area (Å²) in [5, 5.41) is 2.95. The average Bonchev–Trinajstić information content (AvgIpc) is 3.27. The van der Waals surface area contributed by atoms with E-state index in [1.165, 1.54) is 4.90 Å². The van der Waals surface area contributed by atoms with Gasteiger partial charge in [0.15, 0.2) is 6.10 Å². The van der Waals surface area contributed by atoms with Gasteiger partial charge in [-0.3, -0.25) is 14.4 Å². The summed E-state index contributed by atoms with van der Waals surface area (Å²) in [4.78, 5) is 34.4. The highest BCUT2D eigenvalue weighted by Crippen LogP contribution is 2.49. The molecule has 5 rings (SSSR count). The van der Waals surface area contributed by atoms with Crippen LogP contribution >= 0.6 is 34.8 Å². The molecule has 0 unspecified atom stereocenters. The zero-order valence-electron chi connectivity index (χ0n) is 16.8. The summed E-state index contributed by atoms with van der Waals surface area (Å²) in [5.41, 5.74) is 2.47. The molecule has 0 aromatic heterocycles. The number of hydrogen-bond donors (Lipinski definition) is 0. The van der Waals surface area contributed by atoms with Crippen molar-refractivity contribution in [3.63, 3.8) is 0 Å². The summed E-state index contributed by atoms with van der Waals surface area (Å²) in [6.45, 7) is 1.77. The number of rotatable bonds is 3. The van der Waals surface area contributed by atoms with Crippen LogP contribution in [0.25, 0.3) is 0 Å². The normalized spacial score (nSPS) is 22.6. The lowest BCUT2D eigenvalue weighted by atomic mass is 9.90. The predicted octanol–water partition coefficient (Wildman–Crippen LogP) is 6.01. The van der Waals surface area contributed by atoms with Crippen LogP contribution in [-0.2, 0) is 14.4 Å². The third-order valence-electron chi connectivity index (χ3n) is 5.89. The molecule has 0 aliphatic carbocycles. The molecule has 2 aliphatic heterocycles. The Labute approximate surface area is 200 Å². The summed E-state index contributed by atoms with van der Waals surface area (Å²) < 4.78 is 0. The van der Waals surface area contributed by atoms with Gasteiger partial charge in [0.2, 0.25) is 5.91 Å². The third-order valence-corrected chi connectivity index (χ3v) is 6.86. The first-order valence-corrected chi connectivity index (χ1v) is 11.1. The van der Waals surface area contributed by atoms with Crippen LogP contribution in [0.2, 0.25) is 15.1 Å². The quantitative estimate of drug-likeness (QED) is 0.425. The highest BCUT2D eigenvalue weighted by Gasteiger charge is 2.60. The standard InChI is InChI=1S/C24H17Cl3N2O3/c1-13-17(26)8-5-9-19(13)28-23(30)20-21(16-11-10-14(25)12-18(16)27)29(32-22(20)24(28)31)15-6-3-2-4-7-15/h2-12,20-22H,1H3/t20-,21+,22-/m0/s1. The van der Waals surface area contributed by atoms with Crippen LogP contribution in [-0.4, -0.2) is 17.9 Å². The van der Waals surface area contributed by atoms with Crippen LogP contribution in [0.4, 0.5) is 11.4 Å². The molecule has 0 N–H and O–H groups in total. The zero-order chi connectivity index (χ0) is 22.6. The molecule has 0 radical (unpaired) electrons. The average molecular weight is 488 g/mol. The monoisotopic (exact) mass is 486 g/mol. The Morgan fingerprint density at radius 1 is 0.844 bits per heavy atom. The molecule has 32 heavy (non-hydrogen) atoms. The van der Waals surface area contributed by atoms with E-state index in [2.05, 4.69) is 0 Å². The lowest BCUT2D eigenvalue weighted by Crippen LogP contribution is -2.37. The summed E-state index contributed by atoms with van der Waals surface area (Å²) >= 11 is 18.9. The summed E-state index contributed by atoms with van der Waals surface area (Å²) in [6, 6.07) is 18.9. The molecule has 162 valence electrons. The SMILES string of the molecule is Cc1c(Cl)cccc1N1C(=O)[C@@H]2[C@H](ON(c3ccccc3)[C@@H]2c2ccc(Cl)cc2Cl)C1=O. The van der Waals surface area contributed by atoms with E-state index in [9.17, 15) is 9.59 Å². The second-order valence-corrected chi connectivity index (χ2v) is 8.97. The van der Waals surface area contributed by atoms with Crippen LogP contribution in [0.3, 0.4) is 0 Å². The number of hydrogen-bond acceptors (Lipinski definition) is 4. The molecule has 8 heteroatoms. The number of hydroxylamine groups is 1. The van der Waals surface area contributed by atoms with Crippen LogP contribution in [0.15, 0.2) is 66.7 Å². The number of anilines is 2. The van der Waals surface area contributed by atoms with E-state index in [1.54, 1.807) is 48.4 Å². The van der Waals surface area contributed by atoms with Crippen LogP contribution in [0.5, 0.6) is 0 Å². The van der Waals surface area contributed by atoms with Gasteiger partial charge in [-0.25, -0.2) is 9.96 Å². The molecule has 2 aliphatic rings. The van der Waals surface area contributed by atoms with E-state index >= 15 is 0 Å². The number of benzene rings is 3. The molecule has 2 saturated heterocycles. The largest absolute Gasteiger partial charge is 0.273 e. The first kappa shape index (κ1) is 21.3. The van der Waals surface area contributed by atoms with Gasteiger partial charge in [0.25, 0.3) is 5.91 Å². The highest BCUT2D eigenvalue weighted by atomic mass is 35.5. The molecule has 2 fully saturated rings. The van der Waals surface area contributed by atoms with Crippen molar-refractivity contribution >= 4 is 58.0 Å². The van der Waals surface area contributed by atoms with Crippen LogP contribution in [0, 0.1) is 12.8 Å². The number of amides is 2. The van der Waals surface area contributed by atoms with Gasteiger partial charge in [0.1, 0.15) is 5.92 Å². The van der Waals surface area contributed by atoms with E-state index in [4.69, 9.17) is 39.6 Å². The van der Waals surface area contributed by atoms with Gasteiger partial charge in [-0.15, -0.1) is 0 Å². The first-order valence-electron chi connectivity index (χ1n) is 9.97. The number of para-hydroxylation sites is 1. The molecular weight excluding hydrogens is 471 g/mol. The minimum atomic E-state index is -0.988. The molecule has 3 aromatic carbocycles. The fourth-order valence-electron chi connectivity index (χ4n) is 4.35. The van der Waals surface area contributed by atoms with Gasteiger partial charge in [0, 0.05) is 15.1 Å². The number of carbonyl (C=O) groups excluding carboxylic acids is 2. The molecule has 0 spiro atoms. The molecule has 3 atom stereocenters. The van der Waals surface area contributed by atoms with Crippen molar-refractivity contribution < 1.29 is 14.4 Å². The minimum Gasteiger partial charge on any atom is -0.273 e. The van der Waals surface area contributed by atoms with Crippen molar-refractivity contribution in [3.05, 3.63) is 92.9 Å². The Balaban J connectivity index is 1.63. The van der Waals surface area contributed by atoms with Gasteiger partial charge < -0.3 is 0 Å². The van der Waals surface area contributed by atoms with E-state index < -0.39 is 24.0 Å². The lowest BCUT2D eigenvalue weighted by Gasteiger charge is -2.29. The zero-order valence-corrected chi connectivity index (χ0v) is 19.1. The van der Waals surface area contributed by atoms with E-state index in [1.807, 2.05) is 30.3 Å². The molecular formula is C24H17Cl3N2O3. The Bertz CT molecular complexity index is 1230. The Kier molecular flexibility index (Phi) is 5.38. The second kappa shape index (κ2) is 8.09. The van der Waals surface area contributed by atoms with Crippen molar-refractivity contribution in [1.29, 1.82) is 0 Å². The van der Waals surface area contributed by atoms with Gasteiger partial charge in [-0.1, -0.05) is 65.1 Å². The topological polar surface area (TPSA) is 49.9 Å². The number of halogens is 3. The number of carbonyl (C=O) groups is 2. The summed E-state index contributed by atoms with van der Waals surface area (Å²) in [7, 11) is 0. The number of imide groups is 1. The van der Waals surface area contributed by atoms with Crippen molar-refractivity contribution in [2.24, 2.45) is 5.92 Å². The highest BCUT2D eigenvalue weighted by molar-refractivity contribution is 6.35. The van der Waals surface area contributed by atoms with Crippen molar-refractivity contribution in [2.75, 3.05) is 9.96 Å². The Morgan fingerprint density at radius 3 is 2.31 bits per heavy atom. The Hall–Kier alpha value is -2.57. The van der Waals surface area contributed by atoms with E-state index in [-0.39, 0.29) is 5.91 Å². The van der Waals surface area contributed by atoms with Crippen molar-refractivity contribution in [2.45, 2.75) is 19.1 Å². The van der Waals surface area contributed by atoms with Gasteiger partial charge >= 0.3 is 0 Å². The molecule has 0 saturated carbocycles. The van der Waals surface area contributed by atoms with Crippen molar-refractivity contribution in [1.82, 2.24) is 0 Å². The lowest BCUT2D eigenvalue weighted by molar-refractivity contribution is -0.126. The molecule has 3 aromatic rings. The van der Waals surface area contributed by atoms with Gasteiger partial charge in [-0.05, 0) is 54.4 Å². The molecule has 2 heterocycles. The smallest absolute Gasteiger partial charge is 0.266 e. The fraction of sp³-hybridized carbons (Fsp3) is 0.167. The fourth-order valence-corrected chi connectivity index (χ4v) is 5.04. The maximum atomic E-state index is 13.7. The van der Waals surface area contributed by atoms with E-state index in [0.29, 0.717) is 37.6 Å². The van der Waals surface area contributed by atoms with Crippen LogP contribution < -0.4 is 9.96 Å². The predicted molar refractivity (Wildman–Crippen MR) is 125 cm³/mol. The van der Waals surface area contributed by atoms with Crippen LogP contribution in [0.1, 0.15) is 17.2 Å². The minimum absolute atomic E-state index is 0.361. The summed E-state index contributed by atoms with van der Waals surface area (Å²) in [5.74, 6) is -1.58. The van der Waals surface area contributed by atoms with Gasteiger partial charge in [-0.2, -0.15) is 0 Å². The Morgan fingerprint density at radius 2 is 1.59 bits per heavy atom. The molecule has 0 bridgehead atoms. The maximum Gasteiger partial charge on any atom is 0.266 e. The molecule has 2 amide bonds. The second-order valence-electron chi connectivity index (χ2n) is 7.72. The number of nitrogens with zero attached hydrogens (tertiary/aromatic N) is 2. The maximum absolute atomic E-state index is 13.7.